The number of ether oxygens (including phenoxy) is 1. The molecule has 7 heteroatoms. The Balaban J connectivity index is 1.63. The van der Waals surface area contributed by atoms with Crippen LogP contribution in [0, 0.1) is 0 Å². The summed E-state index contributed by atoms with van der Waals surface area (Å²) in [6, 6.07) is 6.28. The highest BCUT2D eigenvalue weighted by Crippen LogP contribution is 2.35. The highest BCUT2D eigenvalue weighted by Gasteiger charge is 2.25. The quantitative estimate of drug-likeness (QED) is 0.783. The summed E-state index contributed by atoms with van der Waals surface area (Å²) in [6.07, 6.45) is 4.15. The third-order valence-corrected chi connectivity index (χ3v) is 7.06. The van der Waals surface area contributed by atoms with Gasteiger partial charge in [0, 0.05) is 49.9 Å². The maximum absolute atomic E-state index is 11.7. The molecule has 6 nitrogen and oxygen atoms in total. The fraction of sp³-hybridized carbons (Fsp3) is 0.550. The van der Waals surface area contributed by atoms with E-state index in [2.05, 4.69) is 33.8 Å². The number of pyridine rings is 1. The van der Waals surface area contributed by atoms with Crippen molar-refractivity contribution < 1.29 is 13.2 Å². The maximum atomic E-state index is 11.7. The molecule has 0 spiro atoms. The van der Waals surface area contributed by atoms with Crippen LogP contribution in [-0.4, -0.2) is 61.1 Å². The van der Waals surface area contributed by atoms with Crippen molar-refractivity contribution in [2.24, 2.45) is 0 Å². The van der Waals surface area contributed by atoms with Gasteiger partial charge in [0.2, 0.25) is 0 Å². The molecule has 0 bridgehead atoms. The van der Waals surface area contributed by atoms with Gasteiger partial charge in [-0.2, -0.15) is 0 Å². The van der Waals surface area contributed by atoms with Gasteiger partial charge in [0.05, 0.1) is 11.5 Å². The Morgan fingerprint density at radius 3 is 2.81 bits per heavy atom. The number of nitrogens with zero attached hydrogens (tertiary/aromatic N) is 3. The second-order valence-corrected chi connectivity index (χ2v) is 9.83. The van der Waals surface area contributed by atoms with Crippen LogP contribution in [0.25, 0.3) is 10.9 Å². The first-order valence-electron chi connectivity index (χ1n) is 9.73. The normalized spacial score (nSPS) is 20.3. The van der Waals surface area contributed by atoms with E-state index in [4.69, 9.17) is 4.74 Å². The van der Waals surface area contributed by atoms with E-state index in [-0.39, 0.29) is 11.5 Å². The molecule has 3 heterocycles. The molecule has 1 fully saturated rings. The molecule has 1 aromatic heterocycles. The van der Waals surface area contributed by atoms with Crippen molar-refractivity contribution >= 4 is 20.7 Å². The van der Waals surface area contributed by atoms with Crippen LogP contribution in [0.2, 0.25) is 0 Å². The van der Waals surface area contributed by atoms with Gasteiger partial charge < -0.3 is 4.74 Å². The summed E-state index contributed by atoms with van der Waals surface area (Å²) in [7, 11) is -2.86. The zero-order valence-corrected chi connectivity index (χ0v) is 16.7. The fourth-order valence-electron chi connectivity index (χ4n) is 3.88. The van der Waals surface area contributed by atoms with E-state index in [0.29, 0.717) is 19.8 Å². The maximum Gasteiger partial charge on any atom is 0.152 e. The molecule has 27 heavy (non-hydrogen) atoms. The van der Waals surface area contributed by atoms with E-state index in [1.54, 1.807) is 0 Å². The molecule has 2 aliphatic heterocycles. The lowest BCUT2D eigenvalue weighted by molar-refractivity contribution is 0.0954. The Morgan fingerprint density at radius 1 is 1.22 bits per heavy atom. The van der Waals surface area contributed by atoms with Gasteiger partial charge in [-0.15, -0.1) is 0 Å². The Kier molecular flexibility index (Phi) is 5.34. The summed E-state index contributed by atoms with van der Waals surface area (Å²) in [5, 5.41) is 1.10. The van der Waals surface area contributed by atoms with Crippen molar-refractivity contribution in [3.8, 4) is 5.75 Å². The van der Waals surface area contributed by atoms with Crippen molar-refractivity contribution in [3.63, 3.8) is 0 Å². The third-order valence-electron chi connectivity index (χ3n) is 5.45. The number of aromatic nitrogens is 1. The molecule has 2 aromatic rings. The van der Waals surface area contributed by atoms with E-state index < -0.39 is 9.84 Å². The third kappa shape index (κ3) is 4.10. The minimum absolute atomic E-state index is 0.252. The Labute approximate surface area is 161 Å². The molecule has 0 unspecified atom stereocenters. The number of sulfone groups is 1. The first-order chi connectivity index (χ1) is 13.1. The topological polar surface area (TPSA) is 62.7 Å². The number of rotatable bonds is 5. The van der Waals surface area contributed by atoms with E-state index in [1.807, 2.05) is 12.3 Å². The minimum atomic E-state index is -2.86. The zero-order chi connectivity index (χ0) is 18.9. The predicted octanol–water partition coefficient (Wildman–Crippen LogP) is 2.42. The lowest BCUT2D eigenvalue weighted by Crippen LogP contribution is -2.39. The molecule has 2 aliphatic rings. The van der Waals surface area contributed by atoms with Gasteiger partial charge in [0.15, 0.2) is 15.6 Å². The van der Waals surface area contributed by atoms with Gasteiger partial charge in [-0.05, 0) is 24.1 Å². The molecular weight excluding hydrogens is 362 g/mol. The van der Waals surface area contributed by atoms with Gasteiger partial charge in [0.25, 0.3) is 0 Å². The van der Waals surface area contributed by atoms with Gasteiger partial charge in [-0.3, -0.25) is 14.8 Å². The lowest BCUT2D eigenvalue weighted by Gasteiger charge is -2.31. The standard InChI is InChI=1S/C20H27N3O3S/c1-2-3-7-23-14-17-12-16(13-22-8-10-27(24,25)11-9-22)18-5-4-6-21-19(18)20(17)26-15-23/h4-6,12H,2-3,7-11,13-15H2,1H3. The molecule has 0 radical (unpaired) electrons. The van der Waals surface area contributed by atoms with E-state index in [1.165, 1.54) is 24.0 Å². The highest BCUT2D eigenvalue weighted by atomic mass is 32.2. The summed E-state index contributed by atoms with van der Waals surface area (Å²) >= 11 is 0. The average molecular weight is 390 g/mol. The van der Waals surface area contributed by atoms with E-state index in [0.717, 1.165) is 36.3 Å². The van der Waals surface area contributed by atoms with Crippen LogP contribution in [0.4, 0.5) is 0 Å². The van der Waals surface area contributed by atoms with Crippen molar-refractivity contribution in [3.05, 3.63) is 35.5 Å². The van der Waals surface area contributed by atoms with Gasteiger partial charge in [-0.1, -0.05) is 19.4 Å². The fourth-order valence-corrected chi connectivity index (χ4v) is 5.15. The monoisotopic (exact) mass is 389 g/mol. The molecule has 1 aromatic carbocycles. The SMILES string of the molecule is CCCCN1COc2c(cc(CN3CCS(=O)(=O)CC3)c3cccnc23)C1. The number of benzene rings is 1. The number of unbranched alkanes of at least 4 members (excludes halogenated alkanes) is 1. The largest absolute Gasteiger partial charge is 0.475 e. The number of hydrogen-bond donors (Lipinski definition) is 0. The summed E-state index contributed by atoms with van der Waals surface area (Å²) < 4.78 is 29.5. The Bertz CT molecular complexity index is 915. The van der Waals surface area contributed by atoms with E-state index >= 15 is 0 Å². The molecule has 0 saturated carbocycles. The summed E-state index contributed by atoms with van der Waals surface area (Å²) in [5.74, 6) is 1.41. The van der Waals surface area contributed by atoms with Gasteiger partial charge in [0.1, 0.15) is 12.2 Å². The second-order valence-electron chi connectivity index (χ2n) is 7.53. The molecule has 0 aliphatic carbocycles. The van der Waals surface area contributed by atoms with Crippen molar-refractivity contribution in [1.82, 2.24) is 14.8 Å². The van der Waals surface area contributed by atoms with Crippen molar-refractivity contribution in [1.29, 1.82) is 0 Å². The zero-order valence-electron chi connectivity index (χ0n) is 15.9. The Morgan fingerprint density at radius 2 is 2.04 bits per heavy atom. The molecule has 0 amide bonds. The van der Waals surface area contributed by atoms with Gasteiger partial charge >= 0.3 is 0 Å². The van der Waals surface area contributed by atoms with Crippen molar-refractivity contribution in [2.45, 2.75) is 32.9 Å². The summed E-state index contributed by atoms with van der Waals surface area (Å²) in [5.41, 5.74) is 3.31. The molecule has 0 atom stereocenters. The molecular formula is C20H27N3O3S. The number of hydrogen-bond acceptors (Lipinski definition) is 6. The first-order valence-corrected chi connectivity index (χ1v) is 11.6. The average Bonchev–Trinajstić information content (AvgIpc) is 2.68. The summed E-state index contributed by atoms with van der Waals surface area (Å²) in [6.45, 7) is 6.67. The summed E-state index contributed by atoms with van der Waals surface area (Å²) in [4.78, 5) is 9.16. The van der Waals surface area contributed by atoms with Crippen molar-refractivity contribution in [2.75, 3.05) is 37.9 Å². The van der Waals surface area contributed by atoms with Crippen LogP contribution in [0.3, 0.4) is 0 Å². The van der Waals surface area contributed by atoms with Crippen LogP contribution in [-0.2, 0) is 22.9 Å². The van der Waals surface area contributed by atoms with Crippen LogP contribution < -0.4 is 4.74 Å². The minimum Gasteiger partial charge on any atom is -0.475 e. The Hall–Kier alpha value is -1.70. The smallest absolute Gasteiger partial charge is 0.152 e. The van der Waals surface area contributed by atoms with Crippen LogP contribution >= 0.6 is 0 Å². The molecule has 4 rings (SSSR count). The lowest BCUT2D eigenvalue weighted by atomic mass is 10.0. The first kappa shape index (κ1) is 18.7. The van der Waals surface area contributed by atoms with Gasteiger partial charge in [-0.25, -0.2) is 8.42 Å². The van der Waals surface area contributed by atoms with Crippen LogP contribution in [0.5, 0.6) is 5.75 Å². The number of fused-ring (bicyclic) bond motifs is 3. The van der Waals surface area contributed by atoms with Crippen LogP contribution in [0.15, 0.2) is 24.4 Å². The van der Waals surface area contributed by atoms with E-state index in [9.17, 15) is 8.42 Å². The second kappa shape index (κ2) is 7.73. The molecule has 146 valence electrons. The highest BCUT2D eigenvalue weighted by molar-refractivity contribution is 7.91. The predicted molar refractivity (Wildman–Crippen MR) is 106 cm³/mol. The molecule has 1 saturated heterocycles. The van der Waals surface area contributed by atoms with Crippen LogP contribution in [0.1, 0.15) is 30.9 Å². The molecule has 0 N–H and O–H groups in total.